The summed E-state index contributed by atoms with van der Waals surface area (Å²) in [5.41, 5.74) is 7.02. The molecule has 0 aliphatic rings. The van der Waals surface area contributed by atoms with Gasteiger partial charge in [0.2, 0.25) is 0 Å². The second-order valence-corrected chi connectivity index (χ2v) is 17.9. The molecule has 2 heteroatoms. The van der Waals surface area contributed by atoms with E-state index in [1.165, 1.54) is 41.5 Å². The summed E-state index contributed by atoms with van der Waals surface area (Å²) >= 11 is 0. The van der Waals surface area contributed by atoms with Gasteiger partial charge in [-0.1, -0.05) is 168 Å². The second-order valence-electron chi connectivity index (χ2n) is 17.9. The van der Waals surface area contributed by atoms with Crippen LogP contribution in [0.25, 0.3) is 0 Å². The summed E-state index contributed by atoms with van der Waals surface area (Å²) in [5.74, 6) is 0.687. The molecule has 4 aromatic rings. The smallest absolute Gasteiger partial charge is 0.115 e. The zero-order valence-corrected chi connectivity index (χ0v) is 32.5. The van der Waals surface area contributed by atoms with Crippen molar-refractivity contribution in [3.05, 3.63) is 131 Å². The topological polar surface area (TPSA) is 40.5 Å². The van der Waals surface area contributed by atoms with Crippen molar-refractivity contribution in [2.45, 2.75) is 122 Å². The maximum absolute atomic E-state index is 9.08. The molecule has 0 radical (unpaired) electrons. The molecule has 0 aliphatic carbocycles. The number of aryl methyl sites for hydroxylation is 2. The third kappa shape index (κ3) is 24.6. The zero-order valence-electron chi connectivity index (χ0n) is 32.5. The Morgan fingerprint density at radius 1 is 0.333 bits per heavy atom. The van der Waals surface area contributed by atoms with Crippen LogP contribution in [0.5, 0.6) is 11.5 Å². The highest BCUT2D eigenvalue weighted by Crippen LogP contribution is 2.24. The van der Waals surface area contributed by atoms with E-state index in [2.05, 4.69) is 144 Å². The molecular weight excluding hydrogens is 585 g/mol. The predicted molar refractivity (Wildman–Crippen MR) is 211 cm³/mol. The van der Waals surface area contributed by atoms with Gasteiger partial charge in [0.05, 0.1) is 0 Å². The van der Waals surface area contributed by atoms with Gasteiger partial charge in [-0.2, -0.15) is 0 Å². The maximum Gasteiger partial charge on any atom is 0.115 e. The van der Waals surface area contributed by atoms with Gasteiger partial charge in [-0.15, -0.1) is 0 Å². The van der Waals surface area contributed by atoms with Crippen LogP contribution >= 0.6 is 0 Å². The van der Waals surface area contributed by atoms with Crippen LogP contribution in [0.15, 0.2) is 109 Å². The van der Waals surface area contributed by atoms with Crippen molar-refractivity contribution in [2.75, 3.05) is 0 Å². The Morgan fingerprint density at radius 3 is 0.917 bits per heavy atom. The first-order chi connectivity index (χ1) is 22.1. The molecular formula is C46H68O2. The van der Waals surface area contributed by atoms with Crippen molar-refractivity contribution in [2.24, 2.45) is 21.7 Å². The predicted octanol–water partition coefficient (Wildman–Crippen LogP) is 13.3. The highest BCUT2D eigenvalue weighted by Gasteiger charge is 2.12. The minimum atomic E-state index is 0.316. The fourth-order valence-electron chi connectivity index (χ4n) is 4.78. The number of hydrogen-bond acceptors (Lipinski definition) is 2. The van der Waals surface area contributed by atoms with Gasteiger partial charge in [0.25, 0.3) is 0 Å². The second kappa shape index (κ2) is 20.1. The van der Waals surface area contributed by atoms with Gasteiger partial charge in [0, 0.05) is 0 Å². The van der Waals surface area contributed by atoms with Crippen molar-refractivity contribution in [3.63, 3.8) is 0 Å². The molecule has 2 nitrogen and oxygen atoms in total. The molecule has 0 atom stereocenters. The van der Waals surface area contributed by atoms with Crippen LogP contribution in [0.1, 0.15) is 118 Å². The molecule has 0 heterocycles. The Balaban J connectivity index is 0.000000320. The maximum atomic E-state index is 9.08. The molecule has 0 unspecified atom stereocenters. The summed E-state index contributed by atoms with van der Waals surface area (Å²) in [6.45, 7) is 27.0. The largest absolute Gasteiger partial charge is 0.508 e. The summed E-state index contributed by atoms with van der Waals surface area (Å²) in [6.07, 6.45) is 6.93. The van der Waals surface area contributed by atoms with Crippen molar-refractivity contribution in [1.82, 2.24) is 0 Å². The van der Waals surface area contributed by atoms with Gasteiger partial charge < -0.3 is 10.2 Å². The molecule has 0 saturated heterocycles. The minimum absolute atomic E-state index is 0.316. The van der Waals surface area contributed by atoms with E-state index in [0.717, 1.165) is 19.3 Å². The summed E-state index contributed by atoms with van der Waals surface area (Å²) in [5, 5.41) is 18.1. The van der Waals surface area contributed by atoms with Crippen LogP contribution in [-0.4, -0.2) is 10.2 Å². The summed E-state index contributed by atoms with van der Waals surface area (Å²) in [7, 11) is 0. The number of hydrogen-bond donors (Lipinski definition) is 2. The fraction of sp³-hybridized carbons (Fsp3) is 0.478. The Morgan fingerprint density at radius 2 is 0.604 bits per heavy atom. The quantitative estimate of drug-likeness (QED) is 0.218. The van der Waals surface area contributed by atoms with E-state index < -0.39 is 0 Å². The monoisotopic (exact) mass is 653 g/mol. The number of aromatic hydroxyl groups is 2. The van der Waals surface area contributed by atoms with E-state index in [9.17, 15) is 0 Å². The van der Waals surface area contributed by atoms with Gasteiger partial charge in [-0.25, -0.2) is 0 Å². The van der Waals surface area contributed by atoms with E-state index in [1.54, 1.807) is 24.3 Å². The first-order valence-electron chi connectivity index (χ1n) is 17.7. The Bertz CT molecular complexity index is 1360. The molecule has 0 bridgehead atoms. The standard InChI is InChI=1S/C12H18O.C12H18.C11H16O.C11H16/c1-12(2,3)9-8-10-4-6-11(13)7-5-10;1-12(2,3)10-9-11-7-5-4-6-8-11;1-11(2,3)8-9-4-6-10(12)7-5-9;1-11(2,3)9-10-7-5-4-6-8-10/h4-7,13H,8-9H2,1-3H3;4-8H,9-10H2,1-3H3;4-7,12H,8H2,1-3H3;4-8H,9H2,1-3H3. The first-order valence-corrected chi connectivity index (χ1v) is 17.7. The van der Waals surface area contributed by atoms with Gasteiger partial charge in [0.15, 0.2) is 0 Å². The van der Waals surface area contributed by atoms with Gasteiger partial charge in [0.1, 0.15) is 11.5 Å². The fourth-order valence-corrected chi connectivity index (χ4v) is 4.78. The van der Waals surface area contributed by atoms with E-state index in [-0.39, 0.29) is 0 Å². The number of rotatable bonds is 6. The van der Waals surface area contributed by atoms with Crippen LogP contribution in [0.2, 0.25) is 0 Å². The molecule has 0 spiro atoms. The third-order valence-electron chi connectivity index (χ3n) is 7.35. The van der Waals surface area contributed by atoms with Crippen molar-refractivity contribution >= 4 is 0 Å². The number of phenolic OH excluding ortho intramolecular Hbond substituents is 2. The first kappa shape index (κ1) is 42.5. The lowest BCUT2D eigenvalue weighted by Gasteiger charge is -2.17. The highest BCUT2D eigenvalue weighted by atomic mass is 16.3. The van der Waals surface area contributed by atoms with Gasteiger partial charge >= 0.3 is 0 Å². The van der Waals surface area contributed by atoms with Crippen LogP contribution in [0.4, 0.5) is 0 Å². The van der Waals surface area contributed by atoms with E-state index in [4.69, 9.17) is 10.2 Å². The molecule has 2 N–H and O–H groups in total. The molecule has 48 heavy (non-hydrogen) atoms. The van der Waals surface area contributed by atoms with Crippen molar-refractivity contribution in [3.8, 4) is 11.5 Å². The summed E-state index contributed by atoms with van der Waals surface area (Å²) in [6, 6.07) is 36.2. The van der Waals surface area contributed by atoms with Crippen LogP contribution in [0, 0.1) is 21.7 Å². The minimum Gasteiger partial charge on any atom is -0.508 e. The van der Waals surface area contributed by atoms with Gasteiger partial charge in [-0.05, 0) is 107 Å². The van der Waals surface area contributed by atoms with Crippen LogP contribution in [-0.2, 0) is 25.7 Å². The van der Waals surface area contributed by atoms with Gasteiger partial charge in [-0.3, -0.25) is 0 Å². The Labute approximate surface area is 295 Å². The Hall–Kier alpha value is -3.52. The lowest BCUT2D eigenvalue weighted by atomic mass is 9.88. The number of benzene rings is 4. The van der Waals surface area contributed by atoms with E-state index >= 15 is 0 Å². The molecule has 0 aliphatic heterocycles. The molecule has 0 saturated carbocycles. The normalized spacial score (nSPS) is 11.6. The lowest BCUT2D eigenvalue weighted by molar-refractivity contribution is 0.378. The van der Waals surface area contributed by atoms with Crippen molar-refractivity contribution in [1.29, 1.82) is 0 Å². The number of phenols is 2. The summed E-state index contributed by atoms with van der Waals surface area (Å²) in [4.78, 5) is 0. The van der Waals surface area contributed by atoms with Crippen LogP contribution < -0.4 is 0 Å². The molecule has 264 valence electrons. The third-order valence-corrected chi connectivity index (χ3v) is 7.35. The molecule has 0 amide bonds. The molecule has 0 aromatic heterocycles. The molecule has 4 aromatic carbocycles. The zero-order chi connectivity index (χ0) is 36.4. The van der Waals surface area contributed by atoms with E-state index in [0.29, 0.717) is 33.2 Å². The average Bonchev–Trinajstić information content (AvgIpc) is 2.97. The van der Waals surface area contributed by atoms with Crippen LogP contribution in [0.3, 0.4) is 0 Å². The average molecular weight is 653 g/mol. The van der Waals surface area contributed by atoms with Crippen molar-refractivity contribution < 1.29 is 10.2 Å². The highest BCUT2D eigenvalue weighted by molar-refractivity contribution is 5.27. The SMILES string of the molecule is CC(C)(C)CCc1ccc(O)cc1.CC(C)(C)CCc1ccccc1.CC(C)(C)Cc1ccc(O)cc1.CC(C)(C)Cc1ccccc1. The molecule has 0 fully saturated rings. The lowest BCUT2D eigenvalue weighted by Crippen LogP contribution is -2.08. The van der Waals surface area contributed by atoms with E-state index in [1.807, 2.05) is 24.3 Å². The summed E-state index contributed by atoms with van der Waals surface area (Å²) < 4.78 is 0. The molecule has 4 rings (SSSR count). The Kier molecular flexibility index (Phi) is 17.8.